The maximum absolute atomic E-state index is 8.97. The second-order valence-electron chi connectivity index (χ2n) is 4.99. The average Bonchev–Trinajstić information content (AvgIpc) is 2.54. The van der Waals surface area contributed by atoms with Crippen LogP contribution in [0.3, 0.4) is 0 Å². The number of pyridine rings is 1. The summed E-state index contributed by atoms with van der Waals surface area (Å²) < 4.78 is 0. The third kappa shape index (κ3) is 2.85. The van der Waals surface area contributed by atoms with E-state index in [0.717, 1.165) is 27.8 Å². The molecule has 3 rings (SSSR count). The molecule has 3 nitrogen and oxygen atoms in total. The average molecular weight is 273 g/mol. The first-order valence-electron chi connectivity index (χ1n) is 6.85. The number of aryl methyl sites for hydroxylation is 1. The van der Waals surface area contributed by atoms with Crippen LogP contribution in [0.1, 0.15) is 16.8 Å². The van der Waals surface area contributed by atoms with Gasteiger partial charge in [0.1, 0.15) is 0 Å². The van der Waals surface area contributed by atoms with Crippen LogP contribution >= 0.6 is 0 Å². The van der Waals surface area contributed by atoms with E-state index < -0.39 is 0 Å². The maximum atomic E-state index is 8.97. The number of nitriles is 1. The van der Waals surface area contributed by atoms with Gasteiger partial charge in [-0.25, -0.2) is 0 Å². The monoisotopic (exact) mass is 273 g/mol. The minimum atomic E-state index is 0.639. The predicted molar refractivity (Wildman–Crippen MR) is 85.0 cm³/mol. The Balaban J connectivity index is 1.82. The molecule has 1 heterocycles. The Labute approximate surface area is 123 Å². The van der Waals surface area contributed by atoms with Crippen LogP contribution in [0.25, 0.3) is 10.9 Å². The molecule has 0 atom stereocenters. The fourth-order valence-electron chi connectivity index (χ4n) is 2.27. The van der Waals surface area contributed by atoms with Crippen molar-refractivity contribution in [2.24, 2.45) is 0 Å². The first-order valence-corrected chi connectivity index (χ1v) is 6.85. The third-order valence-corrected chi connectivity index (χ3v) is 3.48. The molecule has 0 aliphatic carbocycles. The molecule has 0 fully saturated rings. The molecule has 0 saturated carbocycles. The Morgan fingerprint density at radius 2 is 1.95 bits per heavy atom. The van der Waals surface area contributed by atoms with Crippen LogP contribution in [0.2, 0.25) is 0 Å². The first kappa shape index (κ1) is 13.1. The van der Waals surface area contributed by atoms with E-state index in [0.29, 0.717) is 12.1 Å². The van der Waals surface area contributed by atoms with Crippen LogP contribution in [0.4, 0.5) is 5.69 Å². The third-order valence-electron chi connectivity index (χ3n) is 3.48. The van der Waals surface area contributed by atoms with Crippen molar-refractivity contribution >= 4 is 16.6 Å². The molecule has 102 valence electrons. The summed E-state index contributed by atoms with van der Waals surface area (Å²) in [5.41, 5.74) is 4.74. The van der Waals surface area contributed by atoms with Gasteiger partial charge in [-0.1, -0.05) is 30.3 Å². The summed E-state index contributed by atoms with van der Waals surface area (Å²) >= 11 is 0. The van der Waals surface area contributed by atoms with Crippen LogP contribution in [0.5, 0.6) is 0 Å². The predicted octanol–water partition coefficient (Wildman–Crippen LogP) is 4.03. The lowest BCUT2D eigenvalue weighted by Crippen LogP contribution is -2.03. The maximum Gasteiger partial charge on any atom is 0.0992 e. The van der Waals surface area contributed by atoms with Crippen LogP contribution in [0, 0.1) is 18.3 Å². The number of fused-ring (bicyclic) bond motifs is 1. The molecule has 0 unspecified atom stereocenters. The van der Waals surface area contributed by atoms with E-state index in [1.165, 1.54) is 0 Å². The number of hydrogen-bond donors (Lipinski definition) is 1. The molecule has 0 saturated heterocycles. The topological polar surface area (TPSA) is 48.7 Å². The van der Waals surface area contributed by atoms with Gasteiger partial charge in [0, 0.05) is 11.1 Å². The fraction of sp³-hybridized carbons (Fsp3) is 0.111. The van der Waals surface area contributed by atoms with Gasteiger partial charge in [-0.2, -0.15) is 5.26 Å². The minimum Gasteiger partial charge on any atom is -0.379 e. The van der Waals surface area contributed by atoms with Crippen molar-refractivity contribution in [1.82, 2.24) is 4.98 Å². The molecular weight excluding hydrogens is 258 g/mol. The van der Waals surface area contributed by atoms with E-state index in [1.54, 1.807) is 0 Å². The van der Waals surface area contributed by atoms with Gasteiger partial charge in [0.05, 0.1) is 29.4 Å². The molecule has 3 heteroatoms. The van der Waals surface area contributed by atoms with Crippen molar-refractivity contribution < 1.29 is 0 Å². The highest BCUT2D eigenvalue weighted by Gasteiger charge is 2.02. The molecule has 0 bridgehead atoms. The van der Waals surface area contributed by atoms with Crippen molar-refractivity contribution in [2.45, 2.75) is 13.5 Å². The minimum absolute atomic E-state index is 0.639. The summed E-state index contributed by atoms with van der Waals surface area (Å²) in [6.45, 7) is 2.66. The van der Waals surface area contributed by atoms with Gasteiger partial charge in [-0.05, 0) is 36.8 Å². The molecule has 0 amide bonds. The van der Waals surface area contributed by atoms with Crippen molar-refractivity contribution in [1.29, 1.82) is 5.26 Å². The van der Waals surface area contributed by atoms with Crippen molar-refractivity contribution in [2.75, 3.05) is 5.32 Å². The molecule has 0 aliphatic rings. The van der Waals surface area contributed by atoms with Gasteiger partial charge in [-0.15, -0.1) is 0 Å². The summed E-state index contributed by atoms with van der Waals surface area (Å²) in [7, 11) is 0. The number of anilines is 1. The lowest BCUT2D eigenvalue weighted by Gasteiger charge is -2.10. The number of para-hydroxylation sites is 1. The zero-order valence-electron chi connectivity index (χ0n) is 11.8. The highest BCUT2D eigenvalue weighted by atomic mass is 14.9. The molecule has 21 heavy (non-hydrogen) atoms. The fourth-order valence-corrected chi connectivity index (χ4v) is 2.27. The lowest BCUT2D eigenvalue weighted by molar-refractivity contribution is 1.06. The highest BCUT2D eigenvalue weighted by Crippen LogP contribution is 2.18. The van der Waals surface area contributed by atoms with Gasteiger partial charge in [0.2, 0.25) is 0 Å². The van der Waals surface area contributed by atoms with Gasteiger partial charge in [0.25, 0.3) is 0 Å². The standard InChI is InChI=1S/C18H15N3/c1-13-6-7-14(11-19)10-18(13)20-12-16-9-8-15-4-2-3-5-17(15)21-16/h2-10,20H,12H2,1H3. The molecule has 1 aromatic heterocycles. The second kappa shape index (κ2) is 5.64. The van der Waals surface area contributed by atoms with E-state index in [2.05, 4.69) is 28.5 Å². The van der Waals surface area contributed by atoms with Crippen molar-refractivity contribution in [3.63, 3.8) is 0 Å². The Morgan fingerprint density at radius 3 is 2.81 bits per heavy atom. The number of hydrogen-bond acceptors (Lipinski definition) is 3. The van der Waals surface area contributed by atoms with E-state index in [-0.39, 0.29) is 0 Å². The molecule has 2 aromatic carbocycles. The number of nitrogens with one attached hydrogen (secondary N) is 1. The molecule has 0 aliphatic heterocycles. The molecular formula is C18H15N3. The highest BCUT2D eigenvalue weighted by molar-refractivity contribution is 5.78. The molecule has 3 aromatic rings. The smallest absolute Gasteiger partial charge is 0.0992 e. The second-order valence-corrected chi connectivity index (χ2v) is 4.99. The number of rotatable bonds is 3. The summed E-state index contributed by atoms with van der Waals surface area (Å²) in [5, 5.41) is 13.5. The first-order chi connectivity index (χ1) is 10.3. The van der Waals surface area contributed by atoms with Gasteiger partial charge < -0.3 is 5.32 Å². The van der Waals surface area contributed by atoms with Gasteiger partial charge in [-0.3, -0.25) is 4.98 Å². The van der Waals surface area contributed by atoms with Crippen LogP contribution in [-0.4, -0.2) is 4.98 Å². The summed E-state index contributed by atoms with van der Waals surface area (Å²) in [4.78, 5) is 4.64. The number of nitrogens with zero attached hydrogens (tertiary/aromatic N) is 2. The van der Waals surface area contributed by atoms with Crippen molar-refractivity contribution in [3.8, 4) is 6.07 Å². The number of aromatic nitrogens is 1. The quantitative estimate of drug-likeness (QED) is 0.783. The van der Waals surface area contributed by atoms with Gasteiger partial charge >= 0.3 is 0 Å². The van der Waals surface area contributed by atoms with E-state index >= 15 is 0 Å². The Hall–Kier alpha value is -2.86. The Bertz CT molecular complexity index is 831. The number of benzene rings is 2. The zero-order chi connectivity index (χ0) is 14.7. The molecule has 0 spiro atoms. The molecule has 0 radical (unpaired) electrons. The zero-order valence-corrected chi connectivity index (χ0v) is 11.8. The SMILES string of the molecule is Cc1ccc(C#N)cc1NCc1ccc2ccccc2n1. The van der Waals surface area contributed by atoms with E-state index in [4.69, 9.17) is 5.26 Å². The van der Waals surface area contributed by atoms with Crippen molar-refractivity contribution in [3.05, 3.63) is 71.4 Å². The normalized spacial score (nSPS) is 10.3. The van der Waals surface area contributed by atoms with Gasteiger partial charge in [0.15, 0.2) is 0 Å². The van der Waals surface area contributed by atoms with Crippen LogP contribution < -0.4 is 5.32 Å². The van der Waals surface area contributed by atoms with E-state index in [1.807, 2.05) is 49.4 Å². The van der Waals surface area contributed by atoms with Crippen LogP contribution in [0.15, 0.2) is 54.6 Å². The lowest BCUT2D eigenvalue weighted by atomic mass is 10.1. The molecule has 1 N–H and O–H groups in total. The van der Waals surface area contributed by atoms with Crippen LogP contribution in [-0.2, 0) is 6.54 Å². The summed E-state index contributed by atoms with van der Waals surface area (Å²) in [5.74, 6) is 0. The Morgan fingerprint density at radius 1 is 1.10 bits per heavy atom. The van der Waals surface area contributed by atoms with E-state index in [9.17, 15) is 0 Å². The Kier molecular flexibility index (Phi) is 3.53. The summed E-state index contributed by atoms with van der Waals surface area (Å²) in [6, 6.07) is 20.0. The largest absolute Gasteiger partial charge is 0.379 e. The summed E-state index contributed by atoms with van der Waals surface area (Å²) in [6.07, 6.45) is 0.